The molecule has 0 aromatic heterocycles. The van der Waals surface area contributed by atoms with Crippen molar-refractivity contribution >= 4 is 5.97 Å². The van der Waals surface area contributed by atoms with Gasteiger partial charge < -0.3 is 9.84 Å². The lowest BCUT2D eigenvalue weighted by molar-refractivity contribution is -0.220. The van der Waals surface area contributed by atoms with Gasteiger partial charge in [-0.05, 0) is 0 Å². The van der Waals surface area contributed by atoms with E-state index in [1.807, 2.05) is 5.92 Å². The van der Waals surface area contributed by atoms with Crippen LogP contribution in [0, 0.1) is 12.3 Å². The van der Waals surface area contributed by atoms with Crippen LogP contribution < -0.4 is 0 Å². The molecule has 3 nitrogen and oxygen atoms in total. The highest BCUT2D eigenvalue weighted by molar-refractivity contribution is 5.67. The van der Waals surface area contributed by atoms with Crippen molar-refractivity contribution in [3.63, 3.8) is 0 Å². The van der Waals surface area contributed by atoms with Crippen LogP contribution in [0.2, 0.25) is 0 Å². The van der Waals surface area contributed by atoms with Gasteiger partial charge >= 0.3 is 12.1 Å². The van der Waals surface area contributed by atoms with E-state index in [2.05, 4.69) is 11.2 Å². The Bertz CT molecular complexity index is 216. The summed E-state index contributed by atoms with van der Waals surface area (Å²) in [5.41, 5.74) is 0. The predicted molar refractivity (Wildman–Crippen MR) is 36.9 cm³/mol. The number of carbonyl (C=O) groups is 1. The van der Waals surface area contributed by atoms with E-state index in [1.54, 1.807) is 0 Å². The highest BCUT2D eigenvalue weighted by Crippen LogP contribution is 2.25. The van der Waals surface area contributed by atoms with Crippen LogP contribution in [0.4, 0.5) is 13.2 Å². The van der Waals surface area contributed by atoms with Gasteiger partial charge in [-0.3, -0.25) is 4.79 Å². The number of halogens is 3. The van der Waals surface area contributed by atoms with Gasteiger partial charge in [0.15, 0.2) is 6.10 Å². The Morgan fingerprint density at radius 2 is 2.15 bits per heavy atom. The third kappa shape index (κ3) is 5.09. The zero-order valence-corrected chi connectivity index (χ0v) is 6.47. The molecule has 0 spiro atoms. The van der Waals surface area contributed by atoms with Crippen molar-refractivity contribution in [2.45, 2.75) is 18.7 Å². The first kappa shape index (κ1) is 11.8. The Morgan fingerprint density at radius 1 is 1.62 bits per heavy atom. The first-order valence-electron chi connectivity index (χ1n) is 3.21. The molecule has 0 fully saturated rings. The van der Waals surface area contributed by atoms with E-state index in [4.69, 9.17) is 5.11 Å². The van der Waals surface area contributed by atoms with Gasteiger partial charge in [-0.2, -0.15) is 13.2 Å². The fraction of sp³-hybridized carbons (Fsp3) is 0.571. The van der Waals surface area contributed by atoms with Gasteiger partial charge in [0.2, 0.25) is 0 Å². The van der Waals surface area contributed by atoms with Crippen molar-refractivity contribution in [1.29, 1.82) is 0 Å². The van der Waals surface area contributed by atoms with E-state index in [1.165, 1.54) is 0 Å². The van der Waals surface area contributed by atoms with Crippen LogP contribution in [-0.2, 0) is 9.53 Å². The lowest BCUT2D eigenvalue weighted by Gasteiger charge is -2.17. The van der Waals surface area contributed by atoms with Crippen molar-refractivity contribution in [1.82, 2.24) is 0 Å². The fourth-order valence-corrected chi connectivity index (χ4v) is 0.576. The average molecular weight is 196 g/mol. The summed E-state index contributed by atoms with van der Waals surface area (Å²) in [6.45, 7) is -0.558. The number of hydrogen-bond donors (Lipinski definition) is 1. The van der Waals surface area contributed by atoms with Crippen LogP contribution >= 0.6 is 0 Å². The predicted octanol–water partition coefficient (Wildman–Crippen LogP) is 1.04. The van der Waals surface area contributed by atoms with E-state index in [-0.39, 0.29) is 0 Å². The molecule has 1 atom stereocenters. The second-order valence-corrected chi connectivity index (χ2v) is 2.14. The third-order valence-electron chi connectivity index (χ3n) is 1.09. The molecular formula is C7H7F3O3. The summed E-state index contributed by atoms with van der Waals surface area (Å²) in [6.07, 6.45) is -3.50. The van der Waals surface area contributed by atoms with Crippen LogP contribution in [0.1, 0.15) is 6.42 Å². The minimum atomic E-state index is -4.70. The molecular weight excluding hydrogens is 189 g/mol. The Morgan fingerprint density at radius 3 is 2.46 bits per heavy atom. The van der Waals surface area contributed by atoms with E-state index in [0.717, 1.165) is 0 Å². The molecule has 1 unspecified atom stereocenters. The monoisotopic (exact) mass is 196 g/mol. The molecule has 0 aliphatic carbocycles. The normalized spacial score (nSPS) is 13.4. The SMILES string of the molecule is C#CCOC(CC(=O)O)C(F)(F)F. The second-order valence-electron chi connectivity index (χ2n) is 2.14. The zero-order chi connectivity index (χ0) is 10.5. The van der Waals surface area contributed by atoms with Crippen molar-refractivity contribution in [3.05, 3.63) is 0 Å². The molecule has 0 aromatic rings. The molecule has 0 aliphatic heterocycles. The first-order chi connectivity index (χ1) is 5.88. The number of terminal acetylenes is 1. The standard InChI is InChI=1S/C7H7F3O3/c1-2-3-13-5(4-6(11)12)7(8,9)10/h1,5H,3-4H2,(H,11,12). The summed E-state index contributed by atoms with van der Waals surface area (Å²) in [6, 6.07) is 0. The lowest BCUT2D eigenvalue weighted by atomic mass is 10.2. The quantitative estimate of drug-likeness (QED) is 0.683. The van der Waals surface area contributed by atoms with Crippen LogP contribution in [0.5, 0.6) is 0 Å². The van der Waals surface area contributed by atoms with Crippen molar-refractivity contribution < 1.29 is 27.8 Å². The molecule has 0 heterocycles. The van der Waals surface area contributed by atoms with Crippen LogP contribution in [0.3, 0.4) is 0 Å². The molecule has 0 amide bonds. The maximum absolute atomic E-state index is 11.9. The molecule has 1 N–H and O–H groups in total. The summed E-state index contributed by atoms with van der Waals surface area (Å²) < 4.78 is 40.0. The topological polar surface area (TPSA) is 46.5 Å². The molecule has 13 heavy (non-hydrogen) atoms. The molecule has 0 radical (unpaired) electrons. The summed E-state index contributed by atoms with van der Waals surface area (Å²) in [7, 11) is 0. The zero-order valence-electron chi connectivity index (χ0n) is 6.47. The van der Waals surface area contributed by atoms with Crippen molar-refractivity contribution in [2.75, 3.05) is 6.61 Å². The van der Waals surface area contributed by atoms with Crippen LogP contribution in [0.25, 0.3) is 0 Å². The maximum atomic E-state index is 11.9. The number of hydrogen-bond acceptors (Lipinski definition) is 2. The average Bonchev–Trinajstić information content (AvgIpc) is 1.95. The van der Waals surface area contributed by atoms with Gasteiger partial charge in [0.25, 0.3) is 0 Å². The summed E-state index contributed by atoms with van der Waals surface area (Å²) in [5.74, 6) is 0.244. The molecule has 0 saturated carbocycles. The fourth-order valence-electron chi connectivity index (χ4n) is 0.576. The van der Waals surface area contributed by atoms with Crippen LogP contribution in [0.15, 0.2) is 0 Å². The Labute approximate surface area is 72.5 Å². The highest BCUT2D eigenvalue weighted by Gasteiger charge is 2.41. The smallest absolute Gasteiger partial charge is 0.415 e. The summed E-state index contributed by atoms with van der Waals surface area (Å²) in [4.78, 5) is 9.99. The highest BCUT2D eigenvalue weighted by atomic mass is 19.4. The molecule has 74 valence electrons. The van der Waals surface area contributed by atoms with E-state index in [9.17, 15) is 18.0 Å². The molecule has 6 heteroatoms. The largest absolute Gasteiger partial charge is 0.481 e. The third-order valence-corrected chi connectivity index (χ3v) is 1.09. The minimum absolute atomic E-state index is 0.558. The van der Waals surface area contributed by atoms with Crippen molar-refractivity contribution in [2.24, 2.45) is 0 Å². The van der Waals surface area contributed by atoms with Gasteiger partial charge in [-0.25, -0.2) is 0 Å². The number of ether oxygens (including phenoxy) is 1. The Hall–Kier alpha value is -1.22. The van der Waals surface area contributed by atoms with E-state index >= 15 is 0 Å². The van der Waals surface area contributed by atoms with Gasteiger partial charge in [0.05, 0.1) is 6.42 Å². The molecule has 0 saturated heterocycles. The summed E-state index contributed by atoms with van der Waals surface area (Å²) >= 11 is 0. The Kier molecular flexibility index (Phi) is 4.28. The van der Waals surface area contributed by atoms with E-state index < -0.39 is 31.3 Å². The number of alkyl halides is 3. The maximum Gasteiger partial charge on any atom is 0.415 e. The number of rotatable bonds is 4. The minimum Gasteiger partial charge on any atom is -0.481 e. The van der Waals surface area contributed by atoms with Gasteiger partial charge in [0.1, 0.15) is 6.61 Å². The lowest BCUT2D eigenvalue weighted by Crippen LogP contribution is -2.34. The van der Waals surface area contributed by atoms with Crippen LogP contribution in [-0.4, -0.2) is 30.0 Å². The first-order valence-corrected chi connectivity index (χ1v) is 3.21. The number of carboxylic acid groups (broad SMARTS) is 1. The van der Waals surface area contributed by atoms with E-state index in [0.29, 0.717) is 0 Å². The molecule has 0 bridgehead atoms. The van der Waals surface area contributed by atoms with Gasteiger partial charge in [-0.15, -0.1) is 6.42 Å². The van der Waals surface area contributed by atoms with Gasteiger partial charge in [0, 0.05) is 0 Å². The van der Waals surface area contributed by atoms with Gasteiger partial charge in [-0.1, -0.05) is 5.92 Å². The number of aliphatic carboxylic acids is 1. The summed E-state index contributed by atoms with van der Waals surface area (Å²) in [5, 5.41) is 8.11. The molecule has 0 rings (SSSR count). The second kappa shape index (κ2) is 4.72. The Balaban J connectivity index is 4.21. The van der Waals surface area contributed by atoms with Crippen molar-refractivity contribution in [3.8, 4) is 12.3 Å². The number of carboxylic acids is 1. The molecule has 0 aliphatic rings. The molecule has 0 aromatic carbocycles.